The highest BCUT2D eigenvalue weighted by Crippen LogP contribution is 2.28. The van der Waals surface area contributed by atoms with Crippen molar-refractivity contribution in [3.8, 4) is 11.6 Å². The van der Waals surface area contributed by atoms with E-state index in [0.717, 1.165) is 11.4 Å². The number of rotatable bonds is 3. The molecule has 0 radical (unpaired) electrons. The van der Waals surface area contributed by atoms with Crippen LogP contribution in [0, 0.1) is 0 Å². The number of halogens is 1. The lowest BCUT2D eigenvalue weighted by molar-refractivity contribution is 0.0723. The van der Waals surface area contributed by atoms with Gasteiger partial charge in [0.1, 0.15) is 0 Å². The first-order valence-corrected chi connectivity index (χ1v) is 8.36. The zero-order valence-corrected chi connectivity index (χ0v) is 15.1. The number of hydrogen-bond donors (Lipinski definition) is 0. The molecule has 0 atom stereocenters. The van der Waals surface area contributed by atoms with E-state index in [4.69, 9.17) is 16.3 Å². The molecule has 0 spiro atoms. The molecule has 25 heavy (non-hydrogen) atoms. The van der Waals surface area contributed by atoms with Crippen molar-refractivity contribution in [1.29, 1.82) is 0 Å². The summed E-state index contributed by atoms with van der Waals surface area (Å²) < 4.78 is 7.24. The number of esters is 1. The molecule has 0 N–H and O–H groups in total. The van der Waals surface area contributed by atoms with Crippen LogP contribution in [0.15, 0.2) is 60.7 Å². The molecular formula is C20H19ClN2O2. The van der Waals surface area contributed by atoms with Gasteiger partial charge in [0.25, 0.3) is 0 Å². The summed E-state index contributed by atoms with van der Waals surface area (Å²) in [4.78, 5) is 12.4. The van der Waals surface area contributed by atoms with Crippen molar-refractivity contribution in [3.63, 3.8) is 0 Å². The molecule has 0 bridgehead atoms. The van der Waals surface area contributed by atoms with Crippen molar-refractivity contribution in [3.05, 3.63) is 76.9 Å². The molecule has 3 rings (SSSR count). The molecule has 0 amide bonds. The maximum Gasteiger partial charge on any atom is 0.344 e. The lowest BCUT2D eigenvalue weighted by Crippen LogP contribution is -2.13. The second-order valence-corrected chi connectivity index (χ2v) is 7.20. The molecule has 0 unspecified atom stereocenters. The Hall–Kier alpha value is -2.59. The van der Waals surface area contributed by atoms with Crippen LogP contribution in [0.3, 0.4) is 0 Å². The van der Waals surface area contributed by atoms with E-state index >= 15 is 0 Å². The van der Waals surface area contributed by atoms with Gasteiger partial charge in [0, 0.05) is 16.5 Å². The number of hydrogen-bond acceptors (Lipinski definition) is 3. The summed E-state index contributed by atoms with van der Waals surface area (Å²) in [6.45, 7) is 6.18. The maximum absolute atomic E-state index is 12.4. The van der Waals surface area contributed by atoms with E-state index in [-0.39, 0.29) is 5.41 Å². The Labute approximate surface area is 152 Å². The molecule has 0 saturated carbocycles. The van der Waals surface area contributed by atoms with Crippen LogP contribution in [-0.4, -0.2) is 15.7 Å². The van der Waals surface area contributed by atoms with Gasteiger partial charge in [-0.2, -0.15) is 5.10 Å². The first-order valence-electron chi connectivity index (χ1n) is 7.98. The highest BCUT2D eigenvalue weighted by molar-refractivity contribution is 6.30. The van der Waals surface area contributed by atoms with Crippen molar-refractivity contribution < 1.29 is 9.53 Å². The summed E-state index contributed by atoms with van der Waals surface area (Å²) in [6, 6.07) is 17.9. The molecule has 2 aromatic carbocycles. The normalized spacial score (nSPS) is 11.4. The number of aromatic nitrogens is 2. The van der Waals surface area contributed by atoms with Gasteiger partial charge < -0.3 is 4.74 Å². The molecular weight excluding hydrogens is 336 g/mol. The van der Waals surface area contributed by atoms with E-state index in [9.17, 15) is 4.79 Å². The smallest absolute Gasteiger partial charge is 0.344 e. The molecule has 3 aromatic rings. The highest BCUT2D eigenvalue weighted by Gasteiger charge is 2.23. The average molecular weight is 355 g/mol. The minimum absolute atomic E-state index is 0.175. The van der Waals surface area contributed by atoms with Crippen LogP contribution >= 0.6 is 11.6 Å². The second-order valence-electron chi connectivity index (χ2n) is 6.76. The molecule has 0 aliphatic carbocycles. The van der Waals surface area contributed by atoms with Gasteiger partial charge in [0.05, 0.1) is 16.9 Å². The van der Waals surface area contributed by atoms with Gasteiger partial charge in [0.2, 0.25) is 5.88 Å². The Kier molecular flexibility index (Phi) is 4.64. The van der Waals surface area contributed by atoms with Gasteiger partial charge in [-0.15, -0.1) is 0 Å². The number of nitrogens with zero attached hydrogens (tertiary/aromatic N) is 2. The van der Waals surface area contributed by atoms with Gasteiger partial charge in [-0.25, -0.2) is 9.48 Å². The Morgan fingerprint density at radius 3 is 2.28 bits per heavy atom. The average Bonchev–Trinajstić information content (AvgIpc) is 3.00. The molecule has 0 aliphatic rings. The van der Waals surface area contributed by atoms with E-state index in [1.165, 1.54) is 0 Å². The number of carbonyl (C=O) groups excluding carboxylic acids is 1. The van der Waals surface area contributed by atoms with Gasteiger partial charge in [-0.1, -0.05) is 50.6 Å². The Bertz CT molecular complexity index is 878. The third-order valence-corrected chi connectivity index (χ3v) is 3.98. The summed E-state index contributed by atoms with van der Waals surface area (Å²) in [6.07, 6.45) is 0. The van der Waals surface area contributed by atoms with E-state index in [2.05, 4.69) is 25.9 Å². The molecule has 1 heterocycles. The predicted molar refractivity (Wildman–Crippen MR) is 98.7 cm³/mol. The van der Waals surface area contributed by atoms with Gasteiger partial charge in [0.15, 0.2) is 0 Å². The summed E-state index contributed by atoms with van der Waals surface area (Å²) >= 11 is 5.97. The zero-order chi connectivity index (χ0) is 18.0. The second kappa shape index (κ2) is 6.73. The van der Waals surface area contributed by atoms with Gasteiger partial charge in [-0.3, -0.25) is 0 Å². The van der Waals surface area contributed by atoms with Crippen molar-refractivity contribution in [2.45, 2.75) is 26.2 Å². The molecule has 0 saturated heterocycles. The number of benzene rings is 2. The molecule has 4 nitrogen and oxygen atoms in total. The lowest BCUT2D eigenvalue weighted by Gasteiger charge is -2.13. The minimum atomic E-state index is -0.420. The Morgan fingerprint density at radius 2 is 1.68 bits per heavy atom. The van der Waals surface area contributed by atoms with Crippen molar-refractivity contribution in [2.24, 2.45) is 0 Å². The fourth-order valence-electron chi connectivity index (χ4n) is 2.30. The van der Waals surface area contributed by atoms with Crippen LogP contribution in [0.1, 0.15) is 36.8 Å². The number of ether oxygens (including phenoxy) is 1. The predicted octanol–water partition coefficient (Wildman–Crippen LogP) is 5.04. The van der Waals surface area contributed by atoms with Crippen LogP contribution in [0.25, 0.3) is 5.69 Å². The van der Waals surface area contributed by atoms with Gasteiger partial charge in [-0.05, 0) is 36.4 Å². The third-order valence-electron chi connectivity index (χ3n) is 3.72. The summed E-state index contributed by atoms with van der Waals surface area (Å²) in [5.41, 5.74) is 1.92. The van der Waals surface area contributed by atoms with Crippen LogP contribution in [0.5, 0.6) is 5.88 Å². The molecule has 0 fully saturated rings. The zero-order valence-electron chi connectivity index (χ0n) is 14.4. The first-order chi connectivity index (χ1) is 11.8. The summed E-state index contributed by atoms with van der Waals surface area (Å²) in [7, 11) is 0. The van der Waals surface area contributed by atoms with E-state index in [1.54, 1.807) is 47.1 Å². The van der Waals surface area contributed by atoms with Crippen molar-refractivity contribution in [1.82, 2.24) is 9.78 Å². The number of carbonyl (C=O) groups is 1. The maximum atomic E-state index is 12.4. The quantitative estimate of drug-likeness (QED) is 0.619. The van der Waals surface area contributed by atoms with Crippen LogP contribution in [0.4, 0.5) is 0 Å². The van der Waals surface area contributed by atoms with E-state index in [1.807, 2.05) is 18.2 Å². The standard InChI is InChI=1S/C20H19ClN2O2/c1-20(2,3)17-13-18(25-19(24)14-7-5-4-6-8-14)23(22-17)16-11-9-15(21)10-12-16/h4-13H,1-3H3. The monoisotopic (exact) mass is 354 g/mol. The molecule has 128 valence electrons. The Morgan fingerprint density at radius 1 is 1.04 bits per heavy atom. The molecule has 0 aliphatic heterocycles. The topological polar surface area (TPSA) is 44.1 Å². The molecule has 5 heteroatoms. The largest absolute Gasteiger partial charge is 0.404 e. The van der Waals surface area contributed by atoms with Crippen LogP contribution in [0.2, 0.25) is 5.02 Å². The fourth-order valence-corrected chi connectivity index (χ4v) is 2.42. The minimum Gasteiger partial charge on any atom is -0.404 e. The SMILES string of the molecule is CC(C)(C)c1cc(OC(=O)c2ccccc2)n(-c2ccc(Cl)cc2)n1. The van der Waals surface area contributed by atoms with E-state index in [0.29, 0.717) is 16.5 Å². The van der Waals surface area contributed by atoms with Crippen LogP contribution < -0.4 is 4.74 Å². The Balaban J connectivity index is 2.00. The van der Waals surface area contributed by atoms with Crippen molar-refractivity contribution >= 4 is 17.6 Å². The summed E-state index contributed by atoms with van der Waals surface area (Å²) in [5, 5.41) is 5.26. The fraction of sp³-hybridized carbons (Fsp3) is 0.200. The summed E-state index contributed by atoms with van der Waals surface area (Å²) in [5.74, 6) is -0.0442. The van der Waals surface area contributed by atoms with E-state index < -0.39 is 5.97 Å². The van der Waals surface area contributed by atoms with Gasteiger partial charge >= 0.3 is 5.97 Å². The molecule has 1 aromatic heterocycles. The lowest BCUT2D eigenvalue weighted by atomic mass is 9.93. The third kappa shape index (κ3) is 3.91. The first kappa shape index (κ1) is 17.2. The highest BCUT2D eigenvalue weighted by atomic mass is 35.5. The van der Waals surface area contributed by atoms with Crippen LogP contribution in [-0.2, 0) is 5.41 Å². The van der Waals surface area contributed by atoms with Crippen molar-refractivity contribution in [2.75, 3.05) is 0 Å².